The molecule has 3 heterocycles. The molecule has 0 bridgehead atoms. The van der Waals surface area contributed by atoms with Crippen LogP contribution in [-0.4, -0.2) is 0 Å². The summed E-state index contributed by atoms with van der Waals surface area (Å²) in [6, 6.07) is 60.7. The summed E-state index contributed by atoms with van der Waals surface area (Å²) >= 11 is 5.61. The van der Waals surface area contributed by atoms with E-state index in [2.05, 4.69) is 169 Å². The summed E-state index contributed by atoms with van der Waals surface area (Å²) in [6.45, 7) is 0. The van der Waals surface area contributed by atoms with Crippen LogP contribution in [0.2, 0.25) is 0 Å². The monoisotopic (exact) mass is 689 g/mol. The minimum absolute atomic E-state index is 1.14. The van der Waals surface area contributed by atoms with Gasteiger partial charge in [-0.05, 0) is 88.6 Å². The van der Waals surface area contributed by atoms with Crippen LogP contribution in [0.25, 0.3) is 82.4 Å². The van der Waals surface area contributed by atoms with E-state index in [9.17, 15) is 0 Å². The Morgan fingerprint density at radius 2 is 0.780 bits per heavy atom. The fraction of sp³-hybridized carbons (Fsp3) is 0. The summed E-state index contributed by atoms with van der Waals surface area (Å²) in [6.07, 6.45) is 0. The van der Waals surface area contributed by atoms with Gasteiger partial charge in [-0.15, -0.1) is 34.0 Å². The fourth-order valence-electron chi connectivity index (χ4n) is 7.68. The molecule has 234 valence electrons. The molecule has 1 nitrogen and oxygen atoms in total. The van der Waals surface area contributed by atoms with Gasteiger partial charge in [-0.2, -0.15) is 0 Å². The third kappa shape index (κ3) is 4.36. The number of hydrogen-bond donors (Lipinski definition) is 0. The van der Waals surface area contributed by atoms with E-state index in [0.29, 0.717) is 0 Å². The average Bonchev–Trinajstić information content (AvgIpc) is 3.86. The molecule has 0 aliphatic heterocycles. The Morgan fingerprint density at radius 3 is 1.42 bits per heavy atom. The molecule has 0 fully saturated rings. The highest BCUT2D eigenvalue weighted by Crippen LogP contribution is 2.44. The normalized spacial score (nSPS) is 12.0. The van der Waals surface area contributed by atoms with Crippen LogP contribution in [0.1, 0.15) is 0 Å². The number of benzene rings is 8. The van der Waals surface area contributed by atoms with Crippen molar-refractivity contribution in [3.8, 4) is 11.1 Å². The van der Waals surface area contributed by atoms with Gasteiger partial charge in [0.15, 0.2) is 0 Å². The largest absolute Gasteiger partial charge is 0.310 e. The van der Waals surface area contributed by atoms with E-state index in [0.717, 1.165) is 17.1 Å². The molecule has 50 heavy (non-hydrogen) atoms. The van der Waals surface area contributed by atoms with Gasteiger partial charge in [0.05, 0.1) is 0 Å². The van der Waals surface area contributed by atoms with Gasteiger partial charge in [0.2, 0.25) is 0 Å². The van der Waals surface area contributed by atoms with E-state index in [1.54, 1.807) is 0 Å². The molecule has 0 saturated heterocycles. The maximum atomic E-state index is 2.42. The summed E-state index contributed by atoms with van der Waals surface area (Å²) in [7, 11) is 0. The number of rotatable bonds is 4. The lowest BCUT2D eigenvalue weighted by Gasteiger charge is -2.26. The second-order valence-corrected chi connectivity index (χ2v) is 16.2. The smallest absolute Gasteiger partial charge is 0.0476 e. The molecule has 0 saturated carbocycles. The Morgan fingerprint density at radius 1 is 0.300 bits per heavy atom. The van der Waals surface area contributed by atoms with Gasteiger partial charge in [-0.3, -0.25) is 0 Å². The maximum absolute atomic E-state index is 2.42. The highest BCUT2D eigenvalue weighted by Gasteiger charge is 2.17. The molecule has 0 atom stereocenters. The number of fused-ring (bicyclic) bond motifs is 11. The van der Waals surface area contributed by atoms with Gasteiger partial charge in [0.25, 0.3) is 0 Å². The zero-order valence-corrected chi connectivity index (χ0v) is 29.2. The summed E-state index contributed by atoms with van der Waals surface area (Å²) < 4.78 is 7.93. The number of nitrogens with zero attached hydrogens (tertiary/aromatic N) is 1. The number of hydrogen-bond acceptors (Lipinski definition) is 4. The molecule has 0 spiro atoms. The van der Waals surface area contributed by atoms with Crippen LogP contribution >= 0.6 is 34.0 Å². The molecule has 4 heteroatoms. The molecule has 8 aromatic carbocycles. The lowest BCUT2D eigenvalue weighted by Crippen LogP contribution is -2.09. The Balaban J connectivity index is 1.06. The number of anilines is 3. The quantitative estimate of drug-likeness (QED) is 0.178. The first kappa shape index (κ1) is 28.3. The van der Waals surface area contributed by atoms with Crippen molar-refractivity contribution in [2.24, 2.45) is 0 Å². The van der Waals surface area contributed by atoms with E-state index in [1.807, 2.05) is 34.0 Å². The SMILES string of the molecule is c1ccc2c(c1)sc1cc(N(c3ccc(-c4ccc5ccc6sc7ccccc7c6c5c4)cc3)c3ccc4c(c3)sc3ccccc34)ccc12. The fourth-order valence-corrected chi connectivity index (χ4v) is 11.1. The van der Waals surface area contributed by atoms with Crippen molar-refractivity contribution in [2.45, 2.75) is 0 Å². The Hall–Kier alpha value is -5.52. The molecular formula is C46H27NS3. The van der Waals surface area contributed by atoms with E-state index in [-0.39, 0.29) is 0 Å². The van der Waals surface area contributed by atoms with Crippen molar-refractivity contribution in [3.05, 3.63) is 164 Å². The van der Waals surface area contributed by atoms with Crippen LogP contribution in [0.4, 0.5) is 17.1 Å². The second-order valence-electron chi connectivity index (χ2n) is 12.9. The minimum atomic E-state index is 1.14. The van der Waals surface area contributed by atoms with E-state index in [1.165, 1.54) is 82.4 Å². The lowest BCUT2D eigenvalue weighted by molar-refractivity contribution is 1.30. The van der Waals surface area contributed by atoms with Crippen LogP contribution in [0.15, 0.2) is 164 Å². The van der Waals surface area contributed by atoms with Crippen LogP contribution in [0, 0.1) is 0 Å². The number of thiophene rings is 3. The van der Waals surface area contributed by atoms with Gasteiger partial charge in [0, 0.05) is 77.6 Å². The summed E-state index contributed by atoms with van der Waals surface area (Å²) in [5.74, 6) is 0. The van der Waals surface area contributed by atoms with Crippen molar-refractivity contribution in [1.82, 2.24) is 0 Å². The van der Waals surface area contributed by atoms with Gasteiger partial charge < -0.3 is 4.90 Å². The first-order valence-electron chi connectivity index (χ1n) is 16.8. The molecule has 0 aliphatic rings. The summed E-state index contributed by atoms with van der Waals surface area (Å²) in [5.41, 5.74) is 5.91. The van der Waals surface area contributed by atoms with Gasteiger partial charge in [-0.1, -0.05) is 97.1 Å². The molecule has 0 radical (unpaired) electrons. The molecule has 0 N–H and O–H groups in total. The molecule has 0 unspecified atom stereocenters. The minimum Gasteiger partial charge on any atom is -0.310 e. The zero-order valence-electron chi connectivity index (χ0n) is 26.8. The van der Waals surface area contributed by atoms with Crippen LogP contribution in [-0.2, 0) is 0 Å². The third-order valence-electron chi connectivity index (χ3n) is 10.1. The van der Waals surface area contributed by atoms with Gasteiger partial charge >= 0.3 is 0 Å². The van der Waals surface area contributed by atoms with Crippen molar-refractivity contribution in [3.63, 3.8) is 0 Å². The Labute approximate surface area is 300 Å². The maximum Gasteiger partial charge on any atom is 0.0476 e. The molecule has 0 aliphatic carbocycles. The van der Waals surface area contributed by atoms with Crippen molar-refractivity contribution < 1.29 is 0 Å². The van der Waals surface area contributed by atoms with Gasteiger partial charge in [0.1, 0.15) is 0 Å². The third-order valence-corrected chi connectivity index (χ3v) is 13.5. The highest BCUT2D eigenvalue weighted by molar-refractivity contribution is 7.26. The standard InChI is InChI=1S/C46H27NS3/c1-4-10-40-34(7-1)36-22-20-32(26-44(36)49-40)47(33-21-23-37-35-8-2-5-11-41(35)50-45(37)27-33)31-18-15-28(16-19-31)30-14-13-29-17-24-43-46(39(29)25-30)38-9-3-6-12-42(38)48-43/h1-27H. The van der Waals surface area contributed by atoms with E-state index >= 15 is 0 Å². The first-order chi connectivity index (χ1) is 24.7. The second kappa shape index (κ2) is 11.0. The van der Waals surface area contributed by atoms with Crippen molar-refractivity contribution >= 4 is 122 Å². The molecule has 11 rings (SSSR count). The molecule has 3 aromatic heterocycles. The van der Waals surface area contributed by atoms with Crippen LogP contribution in [0.3, 0.4) is 0 Å². The van der Waals surface area contributed by atoms with Crippen molar-refractivity contribution in [1.29, 1.82) is 0 Å². The highest BCUT2D eigenvalue weighted by atomic mass is 32.1. The predicted octanol–water partition coefficient (Wildman–Crippen LogP) is 15.1. The molecular weight excluding hydrogens is 663 g/mol. The zero-order chi connectivity index (χ0) is 32.8. The van der Waals surface area contributed by atoms with Gasteiger partial charge in [-0.25, -0.2) is 0 Å². The Kier molecular flexibility index (Phi) is 6.23. The Bertz CT molecular complexity index is 2990. The van der Waals surface area contributed by atoms with Crippen LogP contribution in [0.5, 0.6) is 0 Å². The van der Waals surface area contributed by atoms with E-state index < -0.39 is 0 Å². The average molecular weight is 690 g/mol. The predicted molar refractivity (Wildman–Crippen MR) is 223 cm³/mol. The molecule has 11 aromatic rings. The molecule has 0 amide bonds. The lowest BCUT2D eigenvalue weighted by atomic mass is 9.98. The summed E-state index contributed by atoms with van der Waals surface area (Å²) in [4.78, 5) is 2.42. The first-order valence-corrected chi connectivity index (χ1v) is 19.3. The van der Waals surface area contributed by atoms with Crippen molar-refractivity contribution in [2.75, 3.05) is 4.90 Å². The van der Waals surface area contributed by atoms with Crippen LogP contribution < -0.4 is 4.90 Å². The summed E-state index contributed by atoms with van der Waals surface area (Å²) in [5, 5.41) is 10.6. The topological polar surface area (TPSA) is 3.24 Å². The van der Waals surface area contributed by atoms with E-state index in [4.69, 9.17) is 0 Å².